The zero-order chi connectivity index (χ0) is 62.9. The van der Waals surface area contributed by atoms with Crippen LogP contribution < -0.4 is 18.9 Å². The maximum atomic E-state index is 13.2. The van der Waals surface area contributed by atoms with E-state index in [-0.39, 0.29) is 137 Å². The molecule has 4 N–H and O–H groups in total. The van der Waals surface area contributed by atoms with E-state index in [0.29, 0.717) is 57.4 Å². The van der Waals surface area contributed by atoms with Crippen LogP contribution >= 0.6 is 46.4 Å². The summed E-state index contributed by atoms with van der Waals surface area (Å²) in [6.07, 6.45) is 0. The van der Waals surface area contributed by atoms with Gasteiger partial charge in [-0.1, -0.05) is 94.9 Å². The minimum Gasteiger partial charge on any atom is -0.378 e. The van der Waals surface area contributed by atoms with Crippen molar-refractivity contribution in [2.75, 3.05) is 133 Å². The van der Waals surface area contributed by atoms with Gasteiger partial charge in [0, 0.05) is 84.3 Å². The number of nitrogens with zero attached hydrogens (tertiary/aromatic N) is 2. The molecular formula is C60H72Cl4N6O14S4. The number of hydrogen-bond acceptors (Lipinski definition) is 16. The molecule has 8 rings (SSSR count). The van der Waals surface area contributed by atoms with Crippen LogP contribution in [0.5, 0.6) is 0 Å². The van der Waals surface area contributed by atoms with E-state index in [1.165, 1.54) is 24.3 Å². The summed E-state index contributed by atoms with van der Waals surface area (Å²) < 4.78 is 148. The average molecular weight is 1370 g/mol. The van der Waals surface area contributed by atoms with Crippen molar-refractivity contribution in [2.24, 2.45) is 0 Å². The normalized spacial score (nSPS) is 16.0. The predicted molar refractivity (Wildman–Crippen MR) is 340 cm³/mol. The van der Waals surface area contributed by atoms with Crippen LogP contribution in [0.25, 0.3) is 11.1 Å². The second-order valence-corrected chi connectivity index (χ2v) is 29.6. The second-order valence-electron chi connectivity index (χ2n) is 20.9. The Morgan fingerprint density at radius 1 is 0.386 bits per heavy atom. The highest BCUT2D eigenvalue weighted by atomic mass is 35.5. The van der Waals surface area contributed by atoms with Gasteiger partial charge in [0.2, 0.25) is 40.1 Å². The zero-order valence-electron chi connectivity index (χ0n) is 48.6. The highest BCUT2D eigenvalue weighted by molar-refractivity contribution is 7.90. The number of likely N-dealkylation sites (N-methyl/N-ethyl adjacent to an activating group) is 2. The van der Waals surface area contributed by atoms with E-state index in [0.717, 1.165) is 33.4 Å². The first-order chi connectivity index (χ1) is 42.1. The van der Waals surface area contributed by atoms with E-state index in [1.54, 1.807) is 72.8 Å². The third-order valence-corrected chi connectivity index (χ3v) is 21.4. The third kappa shape index (κ3) is 19.9. The van der Waals surface area contributed by atoms with E-state index >= 15 is 0 Å². The lowest BCUT2D eigenvalue weighted by Crippen LogP contribution is -2.31. The van der Waals surface area contributed by atoms with E-state index in [1.807, 2.05) is 38.4 Å². The Balaban J connectivity index is 0.625. The fourth-order valence-corrected chi connectivity index (χ4v) is 15.4. The number of halogens is 4. The molecule has 0 amide bonds. The van der Waals surface area contributed by atoms with Gasteiger partial charge in [-0.25, -0.2) is 52.6 Å². The predicted octanol–water partition coefficient (Wildman–Crippen LogP) is 7.74. The fourth-order valence-electron chi connectivity index (χ4n) is 10.1. The van der Waals surface area contributed by atoms with Gasteiger partial charge in [-0.15, -0.1) is 0 Å². The summed E-state index contributed by atoms with van der Waals surface area (Å²) in [7, 11) is -11.4. The van der Waals surface area contributed by atoms with E-state index in [9.17, 15) is 33.7 Å². The van der Waals surface area contributed by atoms with Crippen LogP contribution in [0.3, 0.4) is 0 Å². The Kier molecular flexibility index (Phi) is 26.0. The number of hydrogen-bond donors (Lipinski definition) is 4. The van der Waals surface area contributed by atoms with Crippen LogP contribution in [-0.4, -0.2) is 176 Å². The molecule has 6 aromatic carbocycles. The standard InChI is InChI=1S/C60H72Cl4N6O14S4/c1-69-39-55(53-35-47(61)37-59(63)57(53)41-69)45-5-3-7-51(33-45)87(75,76)67-19-23-81-27-31-83-29-25-79-21-17-65-85(71,72)49-13-9-43(10-14-49)44-11-15-50(16-12-44)86(73,74)66-18-22-80-26-30-84-32-28-82-24-20-68-88(77,78)52-8-4-6-46(34-52)56-40-70(2)42-58-54(56)36-48(62)38-60(58)64/h3-16,33-38,55-56,65-68H,17-32,39-42H2,1-2H3. The van der Waals surface area contributed by atoms with Gasteiger partial charge in [0.15, 0.2) is 0 Å². The molecule has 20 nitrogen and oxygen atoms in total. The molecule has 0 saturated heterocycles. The first kappa shape index (κ1) is 69.7. The highest BCUT2D eigenvalue weighted by Crippen LogP contribution is 2.40. The first-order valence-corrected chi connectivity index (χ1v) is 35.7. The van der Waals surface area contributed by atoms with Gasteiger partial charge >= 0.3 is 0 Å². The van der Waals surface area contributed by atoms with Crippen molar-refractivity contribution < 1.29 is 62.1 Å². The summed E-state index contributed by atoms with van der Waals surface area (Å²) in [5, 5.41) is 2.23. The van der Waals surface area contributed by atoms with Crippen molar-refractivity contribution in [3.63, 3.8) is 0 Å². The van der Waals surface area contributed by atoms with Gasteiger partial charge in [-0.2, -0.15) is 0 Å². The summed E-state index contributed by atoms with van der Waals surface area (Å²) in [5.74, 6) is -0.221. The third-order valence-electron chi connectivity index (χ3n) is 14.4. The molecule has 0 aromatic heterocycles. The molecule has 2 unspecified atom stereocenters. The van der Waals surface area contributed by atoms with Gasteiger partial charge in [0.05, 0.1) is 98.9 Å². The molecule has 88 heavy (non-hydrogen) atoms. The van der Waals surface area contributed by atoms with Crippen LogP contribution in [0.1, 0.15) is 45.2 Å². The molecular weight excluding hydrogens is 1300 g/mol. The summed E-state index contributed by atoms with van der Waals surface area (Å²) in [6, 6.07) is 33.3. The quantitative estimate of drug-likeness (QED) is 0.0278. The van der Waals surface area contributed by atoms with Gasteiger partial charge in [-0.3, -0.25) is 0 Å². The number of rotatable bonds is 35. The van der Waals surface area contributed by atoms with Gasteiger partial charge < -0.3 is 38.2 Å². The Bertz CT molecular complexity index is 3520. The molecule has 0 aliphatic carbocycles. The first-order valence-electron chi connectivity index (χ1n) is 28.3. The lowest BCUT2D eigenvalue weighted by atomic mass is 9.85. The number of nitrogens with one attached hydrogen (secondary N) is 4. The maximum Gasteiger partial charge on any atom is 0.240 e. The molecule has 2 heterocycles. The number of fused-ring (bicyclic) bond motifs is 2. The monoisotopic (exact) mass is 1370 g/mol. The largest absolute Gasteiger partial charge is 0.378 e. The Labute approximate surface area is 536 Å². The smallest absolute Gasteiger partial charge is 0.240 e. The lowest BCUT2D eigenvalue weighted by Gasteiger charge is -2.33. The van der Waals surface area contributed by atoms with Crippen molar-refractivity contribution in [2.45, 2.75) is 44.5 Å². The topological polar surface area (TPSA) is 247 Å². The SMILES string of the molecule is CN1Cc2c(Cl)cc(Cl)cc2C(c2cccc(S(=O)(=O)NCCOCCOCCOCCNS(=O)(=O)c3ccc(-c4ccc(S(=O)(=O)NCCOCCOCCOCCNS(=O)(=O)c5cccc(C6CN(C)Cc7c(Cl)cc(Cl)cc76)c5)cc4)cc3)c2)C1. The van der Waals surface area contributed by atoms with E-state index in [2.05, 4.69) is 28.7 Å². The molecule has 478 valence electrons. The van der Waals surface area contributed by atoms with Crippen LogP contribution in [0.2, 0.25) is 20.1 Å². The van der Waals surface area contributed by atoms with E-state index < -0.39 is 40.1 Å². The van der Waals surface area contributed by atoms with Crippen molar-refractivity contribution in [3.8, 4) is 11.1 Å². The van der Waals surface area contributed by atoms with Crippen molar-refractivity contribution >= 4 is 86.5 Å². The van der Waals surface area contributed by atoms with Gasteiger partial charge in [0.1, 0.15) is 0 Å². The van der Waals surface area contributed by atoms with Crippen molar-refractivity contribution in [3.05, 3.63) is 175 Å². The zero-order valence-corrected chi connectivity index (χ0v) is 54.9. The number of ether oxygens (including phenoxy) is 6. The van der Waals surface area contributed by atoms with Crippen LogP contribution in [0.15, 0.2) is 141 Å². The van der Waals surface area contributed by atoms with Crippen LogP contribution in [-0.2, 0) is 81.6 Å². The number of sulfonamides is 4. The second kappa shape index (κ2) is 32.9. The van der Waals surface area contributed by atoms with Gasteiger partial charge in [0.25, 0.3) is 0 Å². The minimum atomic E-state index is -3.85. The van der Waals surface area contributed by atoms with Crippen molar-refractivity contribution in [1.29, 1.82) is 0 Å². The molecule has 0 spiro atoms. The molecule has 2 aliphatic rings. The summed E-state index contributed by atoms with van der Waals surface area (Å²) in [6.45, 7) is 5.13. The lowest BCUT2D eigenvalue weighted by molar-refractivity contribution is 0.0167. The Hall–Kier alpha value is -4.20. The Morgan fingerprint density at radius 3 is 1.00 bits per heavy atom. The van der Waals surface area contributed by atoms with Crippen LogP contribution in [0, 0.1) is 0 Å². The molecule has 0 saturated carbocycles. The molecule has 0 fully saturated rings. The molecule has 6 aromatic rings. The summed E-state index contributed by atoms with van der Waals surface area (Å²) in [4.78, 5) is 4.66. The molecule has 0 radical (unpaired) electrons. The molecule has 0 bridgehead atoms. The molecule has 2 aliphatic heterocycles. The van der Waals surface area contributed by atoms with Crippen molar-refractivity contribution in [1.82, 2.24) is 28.7 Å². The maximum absolute atomic E-state index is 13.2. The van der Waals surface area contributed by atoms with E-state index in [4.69, 9.17) is 74.8 Å². The summed E-state index contributed by atoms with van der Waals surface area (Å²) in [5.41, 5.74) is 6.95. The average Bonchev–Trinajstić information content (AvgIpc) is 0.969. The molecule has 28 heteroatoms. The fraction of sp³-hybridized carbons (Fsp3) is 0.400. The molecule has 2 atom stereocenters. The summed E-state index contributed by atoms with van der Waals surface area (Å²) >= 11 is 25.7. The van der Waals surface area contributed by atoms with Crippen LogP contribution in [0.4, 0.5) is 0 Å². The highest BCUT2D eigenvalue weighted by Gasteiger charge is 2.30. The van der Waals surface area contributed by atoms with Gasteiger partial charge in [-0.05, 0) is 131 Å². The number of benzene rings is 6. The minimum absolute atomic E-state index is 0.0195. The Morgan fingerprint density at radius 2 is 0.682 bits per heavy atom.